The van der Waals surface area contributed by atoms with Crippen molar-refractivity contribution in [3.8, 4) is 0 Å². The molecule has 0 radical (unpaired) electrons. The standard InChI is InChI=1S/C10H11Cl3.C10H11Cl2F/c2*1-10(2,3)6-4-7(11)9(13)8(12)5-6/h2*4-5H,1-3H3. The van der Waals surface area contributed by atoms with Gasteiger partial charge in [0.05, 0.1) is 25.1 Å². The fourth-order valence-electron chi connectivity index (χ4n) is 1.98. The maximum Gasteiger partial charge on any atom is 0.160 e. The lowest BCUT2D eigenvalue weighted by Gasteiger charge is -2.19. The zero-order valence-corrected chi connectivity index (χ0v) is 19.4. The van der Waals surface area contributed by atoms with E-state index in [1.165, 1.54) is 0 Å². The van der Waals surface area contributed by atoms with E-state index in [2.05, 4.69) is 20.8 Å². The topological polar surface area (TPSA) is 0 Å². The number of hydrogen-bond acceptors (Lipinski definition) is 0. The molecular formula is C20H22Cl5F. The summed E-state index contributed by atoms with van der Waals surface area (Å²) in [6.45, 7) is 12.4. The fourth-order valence-corrected chi connectivity index (χ4v) is 3.06. The second kappa shape index (κ2) is 8.88. The minimum atomic E-state index is -0.545. The van der Waals surface area contributed by atoms with Crippen LogP contribution in [0.15, 0.2) is 24.3 Å². The molecule has 2 aromatic carbocycles. The number of rotatable bonds is 0. The van der Waals surface area contributed by atoms with Crippen LogP contribution in [0.4, 0.5) is 4.39 Å². The molecule has 0 N–H and O–H groups in total. The molecule has 0 aliphatic heterocycles. The van der Waals surface area contributed by atoms with E-state index >= 15 is 0 Å². The first-order chi connectivity index (χ1) is 11.6. The molecule has 0 amide bonds. The summed E-state index contributed by atoms with van der Waals surface area (Å²) in [5.41, 5.74) is 1.99. The molecule has 0 heterocycles. The Morgan fingerprint density at radius 2 is 0.846 bits per heavy atom. The molecule has 0 spiro atoms. The zero-order valence-electron chi connectivity index (χ0n) is 15.6. The molecule has 144 valence electrons. The fraction of sp³-hybridized carbons (Fsp3) is 0.400. The van der Waals surface area contributed by atoms with Crippen LogP contribution in [0.1, 0.15) is 52.7 Å². The Labute approximate surface area is 180 Å². The third kappa shape index (κ3) is 6.46. The summed E-state index contributed by atoms with van der Waals surface area (Å²) in [4.78, 5) is 0. The van der Waals surface area contributed by atoms with Gasteiger partial charge in [0.25, 0.3) is 0 Å². The van der Waals surface area contributed by atoms with Crippen LogP contribution >= 0.6 is 58.0 Å². The molecule has 0 bridgehead atoms. The number of benzene rings is 2. The summed E-state index contributed by atoms with van der Waals surface area (Å²) in [6.07, 6.45) is 0. The van der Waals surface area contributed by atoms with Gasteiger partial charge in [-0.2, -0.15) is 0 Å². The zero-order chi connectivity index (χ0) is 20.4. The van der Waals surface area contributed by atoms with Gasteiger partial charge < -0.3 is 0 Å². The smallest absolute Gasteiger partial charge is 0.160 e. The normalized spacial score (nSPS) is 11.8. The molecule has 6 heteroatoms. The van der Waals surface area contributed by atoms with Gasteiger partial charge >= 0.3 is 0 Å². The summed E-state index contributed by atoms with van der Waals surface area (Å²) < 4.78 is 13.0. The molecule has 0 atom stereocenters. The highest BCUT2D eigenvalue weighted by Gasteiger charge is 2.18. The van der Waals surface area contributed by atoms with Gasteiger partial charge in [0.1, 0.15) is 0 Å². The Balaban J connectivity index is 0.000000260. The van der Waals surface area contributed by atoms with Crippen molar-refractivity contribution in [2.45, 2.75) is 52.4 Å². The summed E-state index contributed by atoms with van der Waals surface area (Å²) in [6, 6.07) is 6.94. The minimum absolute atomic E-state index is 0.0396. The largest absolute Gasteiger partial charge is 0.204 e. The van der Waals surface area contributed by atoms with E-state index in [0.717, 1.165) is 11.1 Å². The van der Waals surface area contributed by atoms with Crippen molar-refractivity contribution >= 4 is 58.0 Å². The molecule has 0 fully saturated rings. The van der Waals surface area contributed by atoms with Crippen LogP contribution in [0, 0.1) is 5.82 Å². The van der Waals surface area contributed by atoms with Crippen molar-refractivity contribution in [1.82, 2.24) is 0 Å². The summed E-state index contributed by atoms with van der Waals surface area (Å²) in [5.74, 6) is -0.545. The maximum atomic E-state index is 13.0. The molecule has 0 aliphatic rings. The Hall–Kier alpha value is -0.180. The second-order valence-electron chi connectivity index (χ2n) is 8.01. The van der Waals surface area contributed by atoms with Crippen LogP contribution in [0.2, 0.25) is 25.1 Å². The Morgan fingerprint density at radius 3 is 1.12 bits per heavy atom. The van der Waals surface area contributed by atoms with E-state index in [4.69, 9.17) is 58.0 Å². The molecule has 0 nitrogen and oxygen atoms in total. The third-order valence-corrected chi connectivity index (χ3v) is 5.45. The number of halogens is 6. The predicted molar refractivity (Wildman–Crippen MR) is 115 cm³/mol. The Morgan fingerprint density at radius 1 is 0.577 bits per heavy atom. The third-order valence-electron chi connectivity index (χ3n) is 3.70. The lowest BCUT2D eigenvalue weighted by molar-refractivity contribution is 0.583. The van der Waals surface area contributed by atoms with Gasteiger partial charge in [-0.1, -0.05) is 99.5 Å². The Bertz CT molecular complexity index is 672. The van der Waals surface area contributed by atoms with Crippen LogP contribution in [0.5, 0.6) is 0 Å². The van der Waals surface area contributed by atoms with Gasteiger partial charge in [0.2, 0.25) is 0 Å². The van der Waals surface area contributed by atoms with Gasteiger partial charge in [-0.3, -0.25) is 0 Å². The molecule has 0 aliphatic carbocycles. The van der Waals surface area contributed by atoms with Crippen LogP contribution in [-0.2, 0) is 10.8 Å². The second-order valence-corrected chi connectivity index (χ2v) is 10.0. The highest BCUT2D eigenvalue weighted by molar-refractivity contribution is 6.48. The van der Waals surface area contributed by atoms with Gasteiger partial charge in [0, 0.05) is 0 Å². The average molecular weight is 459 g/mol. The number of hydrogen-bond donors (Lipinski definition) is 0. The summed E-state index contributed by atoms with van der Waals surface area (Å²) in [5, 5.41) is 1.62. The first kappa shape index (κ1) is 23.9. The first-order valence-electron chi connectivity index (χ1n) is 7.94. The average Bonchev–Trinajstić information content (AvgIpc) is 2.48. The van der Waals surface area contributed by atoms with E-state index in [0.29, 0.717) is 15.1 Å². The van der Waals surface area contributed by atoms with E-state index in [1.807, 2.05) is 32.9 Å². The molecule has 2 aromatic rings. The quantitative estimate of drug-likeness (QED) is 0.345. The van der Waals surface area contributed by atoms with E-state index in [-0.39, 0.29) is 20.9 Å². The van der Waals surface area contributed by atoms with E-state index in [9.17, 15) is 4.39 Å². The Kier molecular flexibility index (Phi) is 8.15. The van der Waals surface area contributed by atoms with Crippen LogP contribution in [0.3, 0.4) is 0 Å². The lowest BCUT2D eigenvalue weighted by Crippen LogP contribution is -2.11. The van der Waals surface area contributed by atoms with Crippen molar-refractivity contribution in [3.63, 3.8) is 0 Å². The molecular weight excluding hydrogens is 436 g/mol. The van der Waals surface area contributed by atoms with E-state index < -0.39 is 5.82 Å². The van der Waals surface area contributed by atoms with Gasteiger partial charge in [-0.25, -0.2) is 4.39 Å². The molecule has 0 aromatic heterocycles. The van der Waals surface area contributed by atoms with Crippen molar-refractivity contribution < 1.29 is 4.39 Å². The SMILES string of the molecule is CC(C)(C)c1cc(Cl)c(Cl)c(Cl)c1.CC(C)(C)c1cc(Cl)c(F)c(Cl)c1. The lowest BCUT2D eigenvalue weighted by atomic mass is 9.87. The maximum absolute atomic E-state index is 13.0. The molecule has 0 saturated heterocycles. The molecule has 2 rings (SSSR count). The van der Waals surface area contributed by atoms with E-state index in [1.54, 1.807) is 12.1 Å². The van der Waals surface area contributed by atoms with Crippen LogP contribution in [0.25, 0.3) is 0 Å². The predicted octanol–water partition coefficient (Wildman–Crippen LogP) is 9.37. The van der Waals surface area contributed by atoms with Crippen LogP contribution < -0.4 is 0 Å². The van der Waals surface area contributed by atoms with Crippen molar-refractivity contribution in [2.24, 2.45) is 0 Å². The highest BCUT2D eigenvalue weighted by atomic mass is 35.5. The molecule has 0 saturated carbocycles. The minimum Gasteiger partial charge on any atom is -0.204 e. The van der Waals surface area contributed by atoms with Crippen LogP contribution in [-0.4, -0.2) is 0 Å². The van der Waals surface area contributed by atoms with Crippen molar-refractivity contribution in [3.05, 3.63) is 66.3 Å². The monoisotopic (exact) mass is 456 g/mol. The molecule has 26 heavy (non-hydrogen) atoms. The molecule has 0 unspecified atom stereocenters. The summed E-state index contributed by atoms with van der Waals surface area (Å²) in [7, 11) is 0. The van der Waals surface area contributed by atoms with Gasteiger partial charge in [0.15, 0.2) is 5.82 Å². The van der Waals surface area contributed by atoms with Gasteiger partial charge in [-0.15, -0.1) is 0 Å². The van der Waals surface area contributed by atoms with Crippen molar-refractivity contribution in [1.29, 1.82) is 0 Å². The van der Waals surface area contributed by atoms with Crippen molar-refractivity contribution in [2.75, 3.05) is 0 Å². The highest BCUT2D eigenvalue weighted by Crippen LogP contribution is 2.35. The summed E-state index contributed by atoms with van der Waals surface area (Å²) >= 11 is 29.0. The van der Waals surface area contributed by atoms with Gasteiger partial charge in [-0.05, 0) is 46.2 Å². The first-order valence-corrected chi connectivity index (χ1v) is 9.83.